The van der Waals surface area contributed by atoms with Crippen LogP contribution in [-0.2, 0) is 4.79 Å². The zero-order valence-electron chi connectivity index (χ0n) is 23.6. The largest absolute Gasteiger partial charge is 0.491 e. The normalized spacial score (nSPS) is 14.0. The highest BCUT2D eigenvalue weighted by Crippen LogP contribution is 2.40. The fourth-order valence-corrected chi connectivity index (χ4v) is 6.40. The molecule has 44 heavy (non-hydrogen) atoms. The number of halogens is 1. The molecule has 7 nitrogen and oxygen atoms in total. The Morgan fingerprint density at radius 3 is 2.30 bits per heavy atom. The maximum atomic E-state index is 13.2. The van der Waals surface area contributed by atoms with Crippen LogP contribution in [0.4, 0.5) is 4.79 Å². The van der Waals surface area contributed by atoms with Gasteiger partial charge in [-0.1, -0.05) is 72.8 Å². The fourth-order valence-electron chi connectivity index (χ4n) is 5.00. The molecule has 5 aromatic carbocycles. The van der Waals surface area contributed by atoms with Gasteiger partial charge in [-0.3, -0.25) is 14.5 Å². The summed E-state index contributed by atoms with van der Waals surface area (Å²) in [5.74, 6) is 0.315. The van der Waals surface area contributed by atoms with Gasteiger partial charge in [-0.25, -0.2) is 4.79 Å². The van der Waals surface area contributed by atoms with E-state index in [0.29, 0.717) is 33.7 Å². The smallest absolute Gasteiger partial charge is 0.344 e. The van der Waals surface area contributed by atoms with Crippen LogP contribution in [0.25, 0.3) is 27.6 Å². The maximum Gasteiger partial charge on any atom is 0.344 e. The minimum Gasteiger partial charge on any atom is -0.491 e. The third kappa shape index (κ3) is 6.06. The van der Waals surface area contributed by atoms with Crippen LogP contribution >= 0.6 is 27.7 Å². The Labute approximate surface area is 266 Å². The van der Waals surface area contributed by atoms with Crippen molar-refractivity contribution in [2.24, 2.45) is 0 Å². The second-order valence-corrected chi connectivity index (χ2v) is 11.7. The Balaban J connectivity index is 1.18. The SMILES string of the molecule is CCOc1cc(/C=C2\SC(=O)N(CCOc3cccc4ccccc34)C2=O)cc(Br)c1OC(=O)c1cccc2ccccc12. The molecule has 0 saturated carbocycles. The maximum absolute atomic E-state index is 13.2. The number of hydrogen-bond acceptors (Lipinski definition) is 7. The van der Waals surface area contributed by atoms with Crippen molar-refractivity contribution < 1.29 is 28.6 Å². The predicted octanol–water partition coefficient (Wildman–Crippen LogP) is 8.49. The number of amides is 2. The summed E-state index contributed by atoms with van der Waals surface area (Å²) >= 11 is 4.37. The van der Waals surface area contributed by atoms with E-state index in [1.807, 2.05) is 85.8 Å². The Hall–Kier alpha value is -4.60. The molecule has 0 spiro atoms. The molecule has 2 amide bonds. The molecule has 0 bridgehead atoms. The molecule has 0 N–H and O–H groups in total. The Morgan fingerprint density at radius 1 is 0.841 bits per heavy atom. The molecule has 1 aliphatic rings. The van der Waals surface area contributed by atoms with Crippen molar-refractivity contribution in [3.8, 4) is 17.2 Å². The van der Waals surface area contributed by atoms with Crippen LogP contribution in [0.5, 0.6) is 17.2 Å². The summed E-state index contributed by atoms with van der Waals surface area (Å²) in [5, 5.41) is 3.35. The van der Waals surface area contributed by atoms with Crippen LogP contribution in [0.15, 0.2) is 106 Å². The molecule has 1 heterocycles. The van der Waals surface area contributed by atoms with Crippen molar-refractivity contribution in [2.45, 2.75) is 6.92 Å². The van der Waals surface area contributed by atoms with Gasteiger partial charge in [-0.15, -0.1) is 0 Å². The standard InChI is InChI=1S/C35H26BrNO6S/c1-2-41-30-20-22(19-28(36)32(30)43-34(39)27-15-7-11-23-9-3-5-13-25(23)27)21-31-33(38)37(35(40)44-31)17-18-42-29-16-8-12-24-10-4-6-14-26(24)29/h3-16,19-21H,2,17-18H2,1H3/b31-21-. The summed E-state index contributed by atoms with van der Waals surface area (Å²) < 4.78 is 18.1. The fraction of sp³-hybridized carbons (Fsp3) is 0.114. The molecule has 9 heteroatoms. The number of ether oxygens (including phenoxy) is 3. The predicted molar refractivity (Wildman–Crippen MR) is 176 cm³/mol. The van der Waals surface area contributed by atoms with E-state index in [4.69, 9.17) is 14.2 Å². The highest BCUT2D eigenvalue weighted by atomic mass is 79.9. The molecule has 5 aromatic rings. The summed E-state index contributed by atoms with van der Waals surface area (Å²) in [6.07, 6.45) is 1.63. The second kappa shape index (κ2) is 13.0. The van der Waals surface area contributed by atoms with Gasteiger partial charge in [0.25, 0.3) is 11.1 Å². The number of esters is 1. The summed E-state index contributed by atoms with van der Waals surface area (Å²) in [6.45, 7) is 2.42. The number of benzene rings is 5. The lowest BCUT2D eigenvalue weighted by molar-refractivity contribution is -0.123. The van der Waals surface area contributed by atoms with Crippen LogP contribution in [-0.4, -0.2) is 41.8 Å². The van der Waals surface area contributed by atoms with Crippen LogP contribution in [0.3, 0.4) is 0 Å². The Kier molecular flexibility index (Phi) is 8.67. The van der Waals surface area contributed by atoms with Crippen molar-refractivity contribution in [1.29, 1.82) is 0 Å². The Morgan fingerprint density at radius 2 is 1.52 bits per heavy atom. The number of hydrogen-bond donors (Lipinski definition) is 0. The molecule has 0 radical (unpaired) electrons. The zero-order chi connectivity index (χ0) is 30.6. The number of nitrogens with zero attached hydrogens (tertiary/aromatic N) is 1. The van der Waals surface area contributed by atoms with Gasteiger partial charge in [0.15, 0.2) is 11.5 Å². The first-order valence-corrected chi connectivity index (χ1v) is 15.6. The summed E-state index contributed by atoms with van der Waals surface area (Å²) in [5.41, 5.74) is 1.03. The number of thioether (sulfide) groups is 1. The van der Waals surface area contributed by atoms with Gasteiger partial charge in [-0.2, -0.15) is 0 Å². The van der Waals surface area contributed by atoms with Gasteiger partial charge in [0.2, 0.25) is 0 Å². The molecular weight excluding hydrogens is 642 g/mol. The molecule has 0 unspecified atom stereocenters. The van der Waals surface area contributed by atoms with Gasteiger partial charge in [-0.05, 0) is 86.7 Å². The van der Waals surface area contributed by atoms with E-state index in [1.54, 1.807) is 24.3 Å². The van der Waals surface area contributed by atoms with E-state index < -0.39 is 11.9 Å². The minimum absolute atomic E-state index is 0.113. The highest BCUT2D eigenvalue weighted by Gasteiger charge is 2.35. The molecule has 0 atom stereocenters. The van der Waals surface area contributed by atoms with Gasteiger partial charge >= 0.3 is 5.97 Å². The van der Waals surface area contributed by atoms with Crippen LogP contribution in [0.2, 0.25) is 0 Å². The van der Waals surface area contributed by atoms with E-state index in [-0.39, 0.29) is 29.0 Å². The third-order valence-corrected chi connectivity index (χ3v) is 8.53. The first-order valence-electron chi connectivity index (χ1n) is 13.9. The average Bonchev–Trinajstić information content (AvgIpc) is 3.29. The molecular formula is C35H26BrNO6S. The van der Waals surface area contributed by atoms with Crippen LogP contribution < -0.4 is 14.2 Å². The number of carbonyl (C=O) groups is 3. The van der Waals surface area contributed by atoms with E-state index in [0.717, 1.165) is 33.3 Å². The number of imide groups is 1. The number of carbonyl (C=O) groups excluding carboxylic acids is 3. The molecule has 6 rings (SSSR count). The second-order valence-electron chi connectivity index (χ2n) is 9.84. The molecule has 1 saturated heterocycles. The van der Waals surface area contributed by atoms with Crippen molar-refractivity contribution in [2.75, 3.05) is 19.8 Å². The third-order valence-electron chi connectivity index (χ3n) is 7.03. The topological polar surface area (TPSA) is 82.1 Å². The monoisotopic (exact) mass is 667 g/mol. The van der Waals surface area contributed by atoms with Crippen LogP contribution in [0, 0.1) is 0 Å². The Bertz CT molecular complexity index is 1940. The van der Waals surface area contributed by atoms with E-state index in [1.165, 1.54) is 4.90 Å². The van der Waals surface area contributed by atoms with Crippen LogP contribution in [0.1, 0.15) is 22.8 Å². The van der Waals surface area contributed by atoms with Gasteiger partial charge in [0, 0.05) is 5.39 Å². The first-order chi connectivity index (χ1) is 21.4. The lowest BCUT2D eigenvalue weighted by atomic mass is 10.0. The molecule has 220 valence electrons. The average molecular weight is 669 g/mol. The number of fused-ring (bicyclic) bond motifs is 2. The number of rotatable bonds is 9. The molecule has 0 aromatic heterocycles. The minimum atomic E-state index is -0.525. The van der Waals surface area contributed by atoms with Gasteiger partial charge in [0.05, 0.1) is 28.1 Å². The lowest BCUT2D eigenvalue weighted by Gasteiger charge is -2.15. The van der Waals surface area contributed by atoms with E-state index in [9.17, 15) is 14.4 Å². The van der Waals surface area contributed by atoms with Crippen molar-refractivity contribution in [1.82, 2.24) is 4.90 Å². The van der Waals surface area contributed by atoms with Crippen molar-refractivity contribution >= 4 is 72.4 Å². The molecule has 1 fully saturated rings. The van der Waals surface area contributed by atoms with Crippen molar-refractivity contribution in [3.63, 3.8) is 0 Å². The van der Waals surface area contributed by atoms with Gasteiger partial charge in [0.1, 0.15) is 12.4 Å². The summed E-state index contributed by atoms with van der Waals surface area (Å²) in [4.78, 5) is 40.7. The van der Waals surface area contributed by atoms with Gasteiger partial charge < -0.3 is 14.2 Å². The highest BCUT2D eigenvalue weighted by molar-refractivity contribution is 9.10. The van der Waals surface area contributed by atoms with E-state index >= 15 is 0 Å². The first kappa shape index (κ1) is 29.5. The summed E-state index contributed by atoms with van der Waals surface area (Å²) in [6, 6.07) is 30.1. The van der Waals surface area contributed by atoms with E-state index in [2.05, 4.69) is 15.9 Å². The lowest BCUT2D eigenvalue weighted by Crippen LogP contribution is -2.32. The molecule has 1 aliphatic heterocycles. The quantitative estimate of drug-likeness (QED) is 0.0885. The zero-order valence-corrected chi connectivity index (χ0v) is 26.0. The van der Waals surface area contributed by atoms with Crippen molar-refractivity contribution in [3.05, 3.63) is 118 Å². The molecule has 0 aliphatic carbocycles. The summed E-state index contributed by atoms with van der Waals surface area (Å²) in [7, 11) is 0.